The molecule has 1 atom stereocenters. The predicted octanol–water partition coefficient (Wildman–Crippen LogP) is 4.62. The average molecular weight is 339 g/mol. The third-order valence-corrected chi connectivity index (χ3v) is 5.58. The highest BCUT2D eigenvalue weighted by molar-refractivity contribution is 6.31. The maximum Gasteiger partial charge on any atom is 0.319 e. The lowest BCUT2D eigenvalue weighted by Crippen LogP contribution is -2.55. The van der Waals surface area contributed by atoms with E-state index in [1.54, 1.807) is 13.8 Å². The molecule has 1 aromatic rings. The fourth-order valence-electron chi connectivity index (χ4n) is 3.95. The van der Waals surface area contributed by atoms with Gasteiger partial charge in [-0.25, -0.2) is 4.39 Å². The van der Waals surface area contributed by atoms with Gasteiger partial charge in [-0.1, -0.05) is 36.9 Å². The summed E-state index contributed by atoms with van der Waals surface area (Å²) in [5.74, 6) is -1.07. The van der Waals surface area contributed by atoms with Crippen molar-refractivity contribution in [3.63, 3.8) is 0 Å². The first-order valence-electron chi connectivity index (χ1n) is 8.00. The van der Waals surface area contributed by atoms with Gasteiger partial charge < -0.3 is 4.74 Å². The fourth-order valence-corrected chi connectivity index (χ4v) is 4.21. The van der Waals surface area contributed by atoms with Crippen LogP contribution in [0.2, 0.25) is 5.02 Å². The van der Waals surface area contributed by atoms with Crippen LogP contribution in [-0.4, -0.2) is 11.8 Å². The van der Waals surface area contributed by atoms with E-state index in [2.05, 4.69) is 0 Å². The summed E-state index contributed by atoms with van der Waals surface area (Å²) in [6.07, 6.45) is 3.49. The normalized spacial score (nSPS) is 26.2. The van der Waals surface area contributed by atoms with Crippen LogP contribution in [0.3, 0.4) is 0 Å². The Morgan fingerprint density at radius 2 is 1.83 bits per heavy atom. The van der Waals surface area contributed by atoms with Crippen molar-refractivity contribution in [3.8, 4) is 0 Å². The van der Waals surface area contributed by atoms with E-state index < -0.39 is 28.7 Å². The van der Waals surface area contributed by atoms with Crippen LogP contribution in [0.5, 0.6) is 0 Å². The Labute approximate surface area is 140 Å². The van der Waals surface area contributed by atoms with Gasteiger partial charge in [-0.2, -0.15) is 0 Å². The number of benzene rings is 1. The van der Waals surface area contributed by atoms with Crippen molar-refractivity contribution in [1.29, 1.82) is 0 Å². The van der Waals surface area contributed by atoms with Crippen molar-refractivity contribution < 1.29 is 18.7 Å². The van der Waals surface area contributed by atoms with E-state index in [1.165, 1.54) is 18.2 Å². The number of esters is 1. The smallest absolute Gasteiger partial charge is 0.319 e. The van der Waals surface area contributed by atoms with Crippen molar-refractivity contribution in [3.05, 3.63) is 34.6 Å². The zero-order valence-corrected chi connectivity index (χ0v) is 14.1. The fraction of sp³-hybridized carbons (Fsp3) is 0.556. The van der Waals surface area contributed by atoms with Crippen molar-refractivity contribution in [2.45, 2.75) is 52.1 Å². The van der Waals surface area contributed by atoms with Gasteiger partial charge in [-0.3, -0.25) is 9.59 Å². The number of rotatable bonds is 1. The second-order valence-corrected chi connectivity index (χ2v) is 7.53. The number of cyclic esters (lactones) is 1. The first kappa shape index (κ1) is 16.4. The molecule has 0 bridgehead atoms. The highest BCUT2D eigenvalue weighted by Gasteiger charge is 2.60. The molecular formula is C18H20ClFO3. The van der Waals surface area contributed by atoms with Gasteiger partial charge >= 0.3 is 5.97 Å². The molecule has 0 radical (unpaired) electrons. The monoisotopic (exact) mass is 338 g/mol. The summed E-state index contributed by atoms with van der Waals surface area (Å²) in [4.78, 5) is 25.5. The van der Waals surface area contributed by atoms with Crippen LogP contribution in [0, 0.1) is 16.6 Å². The van der Waals surface area contributed by atoms with Crippen LogP contribution < -0.4 is 0 Å². The number of halogens is 2. The number of hydrogen-bond donors (Lipinski definition) is 0. The first-order chi connectivity index (χ1) is 10.8. The zero-order chi connectivity index (χ0) is 16.8. The number of carbonyl (C=O) groups excluding carboxylic acids is 2. The largest absolute Gasteiger partial charge is 0.456 e. The lowest BCUT2D eigenvalue weighted by atomic mass is 9.59. The highest BCUT2D eigenvalue weighted by atomic mass is 35.5. The molecule has 3 nitrogen and oxygen atoms in total. The van der Waals surface area contributed by atoms with E-state index in [0.717, 1.165) is 19.3 Å². The summed E-state index contributed by atoms with van der Waals surface area (Å²) >= 11 is 6.19. The van der Waals surface area contributed by atoms with Crippen molar-refractivity contribution in [2.75, 3.05) is 0 Å². The summed E-state index contributed by atoms with van der Waals surface area (Å²) in [6, 6.07) is 4.01. The zero-order valence-electron chi connectivity index (χ0n) is 13.3. The number of hydrogen-bond acceptors (Lipinski definition) is 3. The molecular weight excluding hydrogens is 319 g/mol. The van der Waals surface area contributed by atoms with Crippen molar-refractivity contribution in [1.82, 2.24) is 0 Å². The second-order valence-electron chi connectivity index (χ2n) is 7.12. The maximum absolute atomic E-state index is 13.4. The van der Waals surface area contributed by atoms with E-state index in [-0.39, 0.29) is 10.8 Å². The van der Waals surface area contributed by atoms with E-state index in [0.29, 0.717) is 18.4 Å². The highest BCUT2D eigenvalue weighted by Crippen LogP contribution is 2.56. The molecule has 5 heteroatoms. The van der Waals surface area contributed by atoms with Gasteiger partial charge in [0.1, 0.15) is 17.3 Å². The molecule has 0 N–H and O–H groups in total. The quantitative estimate of drug-likeness (QED) is 0.554. The van der Waals surface area contributed by atoms with Crippen LogP contribution in [0.4, 0.5) is 4.39 Å². The topological polar surface area (TPSA) is 43.4 Å². The molecule has 0 unspecified atom stereocenters. The Morgan fingerprint density at radius 3 is 2.43 bits per heavy atom. The minimum atomic E-state index is -1.15. The lowest BCUT2D eigenvalue weighted by Gasteiger charge is -2.49. The summed E-state index contributed by atoms with van der Waals surface area (Å²) < 4.78 is 19.1. The SMILES string of the molecule is CC1(C)C(=O)O[C@@H](c2ccc(F)cc2Cl)C2(CCCCC2)C1=O. The van der Waals surface area contributed by atoms with E-state index in [9.17, 15) is 14.0 Å². The molecule has 0 aromatic heterocycles. The van der Waals surface area contributed by atoms with E-state index in [4.69, 9.17) is 16.3 Å². The molecule has 1 saturated heterocycles. The number of ketones is 1. The number of Topliss-reactive ketones (excluding diaryl/α,β-unsaturated/α-hetero) is 1. The van der Waals surface area contributed by atoms with Gasteiger partial charge in [-0.05, 0) is 38.8 Å². The molecule has 3 rings (SSSR count). The molecule has 2 aliphatic rings. The standard InChI is InChI=1S/C18H20ClFO3/c1-17(2)15(21)18(8-4-3-5-9-18)14(23-16(17)22)12-7-6-11(20)10-13(12)19/h6-7,10,14H,3-5,8-9H2,1-2H3/t14-/m0/s1. The summed E-state index contributed by atoms with van der Waals surface area (Å²) in [7, 11) is 0. The predicted molar refractivity (Wildman–Crippen MR) is 84.5 cm³/mol. The Hall–Kier alpha value is -1.42. The number of ether oxygens (including phenoxy) is 1. The van der Waals surface area contributed by atoms with Gasteiger partial charge in [0.2, 0.25) is 0 Å². The molecule has 1 heterocycles. The van der Waals surface area contributed by atoms with Gasteiger partial charge in [0, 0.05) is 5.56 Å². The molecule has 0 amide bonds. The molecule has 1 aliphatic heterocycles. The summed E-state index contributed by atoms with van der Waals surface area (Å²) in [6.45, 7) is 3.24. The Morgan fingerprint density at radius 1 is 1.17 bits per heavy atom. The minimum Gasteiger partial charge on any atom is -0.456 e. The molecule has 2 fully saturated rings. The second kappa shape index (κ2) is 5.59. The Kier molecular flexibility index (Phi) is 3.99. The van der Waals surface area contributed by atoms with Crippen LogP contribution in [0.15, 0.2) is 18.2 Å². The van der Waals surface area contributed by atoms with Gasteiger partial charge in [0.15, 0.2) is 5.78 Å². The van der Waals surface area contributed by atoms with Crippen LogP contribution in [-0.2, 0) is 14.3 Å². The molecule has 1 aromatic carbocycles. The van der Waals surface area contributed by atoms with Crippen LogP contribution in [0.1, 0.15) is 57.6 Å². The summed E-state index contributed by atoms with van der Waals surface area (Å²) in [5, 5.41) is 0.195. The molecule has 1 saturated carbocycles. The lowest BCUT2D eigenvalue weighted by molar-refractivity contribution is -0.192. The van der Waals surface area contributed by atoms with Crippen LogP contribution >= 0.6 is 11.6 Å². The third kappa shape index (κ3) is 2.47. The van der Waals surface area contributed by atoms with Gasteiger partial charge in [0.05, 0.1) is 10.4 Å². The minimum absolute atomic E-state index is 0.0775. The first-order valence-corrected chi connectivity index (χ1v) is 8.38. The Bertz CT molecular complexity index is 662. The average Bonchev–Trinajstić information content (AvgIpc) is 2.51. The van der Waals surface area contributed by atoms with Gasteiger partial charge in [-0.15, -0.1) is 0 Å². The van der Waals surface area contributed by atoms with Crippen molar-refractivity contribution in [2.24, 2.45) is 10.8 Å². The van der Waals surface area contributed by atoms with E-state index in [1.807, 2.05) is 0 Å². The van der Waals surface area contributed by atoms with Gasteiger partial charge in [0.25, 0.3) is 0 Å². The van der Waals surface area contributed by atoms with E-state index >= 15 is 0 Å². The number of carbonyl (C=O) groups is 2. The van der Waals surface area contributed by atoms with Crippen molar-refractivity contribution >= 4 is 23.4 Å². The molecule has 1 spiro atoms. The third-order valence-electron chi connectivity index (χ3n) is 5.25. The van der Waals surface area contributed by atoms with Crippen LogP contribution in [0.25, 0.3) is 0 Å². The maximum atomic E-state index is 13.4. The molecule has 124 valence electrons. The molecule has 23 heavy (non-hydrogen) atoms. The Balaban J connectivity index is 2.12. The summed E-state index contributed by atoms with van der Waals surface area (Å²) in [5.41, 5.74) is -1.38. The molecule has 1 aliphatic carbocycles.